The third-order valence-corrected chi connectivity index (χ3v) is 9.38. The molecule has 1 spiro atoms. The molecule has 0 aromatic rings. The predicted molar refractivity (Wildman–Crippen MR) is 95.0 cm³/mol. The monoisotopic (exact) mass is 314 g/mol. The summed E-state index contributed by atoms with van der Waals surface area (Å²) in [5.41, 5.74) is 0.895. The van der Waals surface area contributed by atoms with Gasteiger partial charge in [0.15, 0.2) is 0 Å². The van der Waals surface area contributed by atoms with Gasteiger partial charge in [0, 0.05) is 11.8 Å². The number of ketones is 1. The van der Waals surface area contributed by atoms with E-state index in [1.54, 1.807) is 0 Å². The largest absolute Gasteiger partial charge is 0.299 e. The number of hydrogen-bond donors (Lipinski definition) is 0. The molecule has 0 radical (unpaired) electrons. The Balaban J connectivity index is 1.80. The number of Topliss-reactive ketones (excluding diaryl/α,β-unsaturated/α-hetero) is 1. The van der Waals surface area contributed by atoms with E-state index in [9.17, 15) is 4.79 Å². The lowest BCUT2D eigenvalue weighted by atomic mass is 9.38. The average molecular weight is 315 g/mol. The lowest BCUT2D eigenvalue weighted by Crippen LogP contribution is -2.60. The lowest BCUT2D eigenvalue weighted by Gasteiger charge is -2.66. The van der Waals surface area contributed by atoms with Gasteiger partial charge in [0.05, 0.1) is 0 Å². The maximum absolute atomic E-state index is 12.9. The van der Waals surface area contributed by atoms with E-state index in [4.69, 9.17) is 0 Å². The fourth-order valence-electron chi connectivity index (χ4n) is 7.85. The molecular weight excluding hydrogens is 280 g/mol. The molecule has 7 unspecified atom stereocenters. The van der Waals surface area contributed by atoms with Crippen molar-refractivity contribution >= 4 is 5.78 Å². The van der Waals surface area contributed by atoms with Crippen molar-refractivity contribution in [2.24, 2.45) is 45.3 Å². The molecule has 0 aromatic carbocycles. The van der Waals surface area contributed by atoms with Gasteiger partial charge in [-0.15, -0.1) is 0 Å². The van der Waals surface area contributed by atoms with E-state index in [2.05, 4.69) is 53.7 Å². The number of allylic oxidation sites excluding steroid dienone is 2. The Kier molecular flexibility index (Phi) is 2.99. The molecule has 0 amide bonds. The van der Waals surface area contributed by atoms with E-state index >= 15 is 0 Å². The normalized spacial score (nSPS) is 57.0. The number of fused-ring (bicyclic) bond motifs is 3. The number of carbonyl (C=O) groups is 1. The molecule has 3 saturated carbocycles. The topological polar surface area (TPSA) is 17.1 Å². The fourth-order valence-corrected chi connectivity index (χ4v) is 7.85. The molecule has 0 aromatic heterocycles. The van der Waals surface area contributed by atoms with Crippen LogP contribution in [0.1, 0.15) is 73.6 Å². The molecule has 4 rings (SSSR count). The van der Waals surface area contributed by atoms with Gasteiger partial charge in [0.2, 0.25) is 0 Å². The summed E-state index contributed by atoms with van der Waals surface area (Å²) < 4.78 is 0. The van der Waals surface area contributed by atoms with Crippen LogP contribution in [0.25, 0.3) is 0 Å². The van der Waals surface area contributed by atoms with Crippen LogP contribution in [0.3, 0.4) is 0 Å². The summed E-state index contributed by atoms with van der Waals surface area (Å²) in [6, 6.07) is 0. The molecule has 1 nitrogen and oxygen atoms in total. The van der Waals surface area contributed by atoms with Crippen molar-refractivity contribution in [3.05, 3.63) is 12.2 Å². The third-order valence-electron chi connectivity index (χ3n) is 9.38. The second kappa shape index (κ2) is 4.33. The summed E-state index contributed by atoms with van der Waals surface area (Å²) in [5.74, 6) is 3.39. The van der Waals surface area contributed by atoms with Gasteiger partial charge in [-0.2, -0.15) is 0 Å². The maximum Gasteiger partial charge on any atom is 0.142 e. The summed E-state index contributed by atoms with van der Waals surface area (Å²) in [6.45, 7) is 14.7. The van der Waals surface area contributed by atoms with Gasteiger partial charge in [-0.1, -0.05) is 46.8 Å². The first-order valence-electron chi connectivity index (χ1n) is 9.79. The van der Waals surface area contributed by atoms with Crippen molar-refractivity contribution in [1.82, 2.24) is 0 Å². The summed E-state index contributed by atoms with van der Waals surface area (Å²) in [4.78, 5) is 12.9. The summed E-state index contributed by atoms with van der Waals surface area (Å²) in [6.07, 6.45) is 10.7. The van der Waals surface area contributed by atoms with Crippen molar-refractivity contribution in [2.45, 2.75) is 73.6 Å². The van der Waals surface area contributed by atoms with Crippen LogP contribution >= 0.6 is 0 Å². The first-order chi connectivity index (χ1) is 10.6. The highest BCUT2D eigenvalue weighted by molar-refractivity contribution is 5.89. The number of hydrogen-bond acceptors (Lipinski definition) is 1. The fraction of sp³-hybridized carbons (Fsp3) is 0.864. The minimum absolute atomic E-state index is 0.150. The maximum atomic E-state index is 12.9. The molecule has 3 fully saturated rings. The van der Waals surface area contributed by atoms with E-state index in [0.29, 0.717) is 27.9 Å². The van der Waals surface area contributed by atoms with Crippen LogP contribution in [0.5, 0.6) is 0 Å². The van der Waals surface area contributed by atoms with Crippen LogP contribution in [0, 0.1) is 45.3 Å². The lowest BCUT2D eigenvalue weighted by molar-refractivity contribution is -0.177. The van der Waals surface area contributed by atoms with E-state index in [1.807, 2.05) is 0 Å². The Hall–Kier alpha value is -0.590. The standard InChI is InChI=1S/C22H34O/c1-14-12-21(6)16(19(3,4)15(14)2)7-8-22-10-9-20(5,13-22)18(23)11-17(21)22/h9-10,14-17H,7-8,11-13H2,1-6H3. The van der Waals surface area contributed by atoms with Crippen LogP contribution in [0.2, 0.25) is 0 Å². The molecule has 23 heavy (non-hydrogen) atoms. The van der Waals surface area contributed by atoms with E-state index in [-0.39, 0.29) is 5.41 Å². The van der Waals surface area contributed by atoms with Gasteiger partial charge >= 0.3 is 0 Å². The predicted octanol–water partition coefficient (Wildman–Crippen LogP) is 5.65. The molecule has 7 atom stereocenters. The molecule has 0 saturated heterocycles. The second-order valence-electron chi connectivity index (χ2n) is 10.7. The molecule has 0 N–H and O–H groups in total. The minimum Gasteiger partial charge on any atom is -0.299 e. The Morgan fingerprint density at radius 2 is 1.74 bits per heavy atom. The molecule has 4 aliphatic rings. The number of rotatable bonds is 0. The first kappa shape index (κ1) is 15.9. The van der Waals surface area contributed by atoms with Crippen LogP contribution in [0.4, 0.5) is 0 Å². The van der Waals surface area contributed by atoms with E-state index in [0.717, 1.165) is 30.6 Å². The third kappa shape index (κ3) is 1.78. The Labute approximate surface area is 142 Å². The molecular formula is C22H34O. The highest BCUT2D eigenvalue weighted by atomic mass is 16.1. The van der Waals surface area contributed by atoms with Crippen molar-refractivity contribution < 1.29 is 4.79 Å². The molecule has 4 aliphatic carbocycles. The Morgan fingerprint density at radius 3 is 2.43 bits per heavy atom. The van der Waals surface area contributed by atoms with Crippen molar-refractivity contribution in [3.8, 4) is 0 Å². The molecule has 0 aliphatic heterocycles. The van der Waals surface area contributed by atoms with E-state index < -0.39 is 0 Å². The van der Waals surface area contributed by atoms with Crippen LogP contribution in [-0.2, 0) is 4.79 Å². The van der Waals surface area contributed by atoms with Gasteiger partial charge in [0.25, 0.3) is 0 Å². The minimum atomic E-state index is -0.150. The van der Waals surface area contributed by atoms with Crippen LogP contribution in [0.15, 0.2) is 12.2 Å². The Bertz CT molecular complexity index is 587. The van der Waals surface area contributed by atoms with Gasteiger partial charge in [-0.3, -0.25) is 4.79 Å². The second-order valence-corrected chi connectivity index (χ2v) is 10.7. The van der Waals surface area contributed by atoms with Gasteiger partial charge in [0.1, 0.15) is 5.78 Å². The van der Waals surface area contributed by atoms with Gasteiger partial charge in [-0.25, -0.2) is 0 Å². The van der Waals surface area contributed by atoms with Crippen LogP contribution < -0.4 is 0 Å². The molecule has 128 valence electrons. The zero-order valence-electron chi connectivity index (χ0n) is 15.9. The van der Waals surface area contributed by atoms with Crippen molar-refractivity contribution in [2.75, 3.05) is 0 Å². The molecule has 0 heterocycles. The average Bonchev–Trinajstić information content (AvgIpc) is 2.75. The molecule has 1 heteroatoms. The van der Waals surface area contributed by atoms with Gasteiger partial charge < -0.3 is 0 Å². The summed E-state index contributed by atoms with van der Waals surface area (Å²) in [7, 11) is 0. The quantitative estimate of drug-likeness (QED) is 0.528. The molecule has 2 bridgehead atoms. The SMILES string of the molecule is CC1CC2(C)C3CC(=O)C4(C)C=CC3(CCC2C(C)(C)C1C)C4. The van der Waals surface area contributed by atoms with Crippen molar-refractivity contribution in [3.63, 3.8) is 0 Å². The highest BCUT2D eigenvalue weighted by Crippen LogP contribution is 2.72. The van der Waals surface area contributed by atoms with E-state index in [1.165, 1.54) is 19.3 Å². The highest BCUT2D eigenvalue weighted by Gasteiger charge is 2.66. The number of carbonyl (C=O) groups excluding carboxylic acids is 1. The van der Waals surface area contributed by atoms with Crippen LogP contribution in [-0.4, -0.2) is 5.78 Å². The van der Waals surface area contributed by atoms with Gasteiger partial charge in [-0.05, 0) is 72.5 Å². The zero-order chi connectivity index (χ0) is 16.8. The smallest absolute Gasteiger partial charge is 0.142 e. The summed E-state index contributed by atoms with van der Waals surface area (Å²) in [5, 5.41) is 0. The first-order valence-corrected chi connectivity index (χ1v) is 9.79. The Morgan fingerprint density at radius 1 is 1.04 bits per heavy atom. The summed E-state index contributed by atoms with van der Waals surface area (Å²) >= 11 is 0. The zero-order valence-corrected chi connectivity index (χ0v) is 15.9. The van der Waals surface area contributed by atoms with Crippen molar-refractivity contribution in [1.29, 1.82) is 0 Å².